The molecule has 0 saturated heterocycles. The summed E-state index contributed by atoms with van der Waals surface area (Å²) in [4.78, 5) is 11.8. The van der Waals surface area contributed by atoms with Gasteiger partial charge in [-0.25, -0.2) is 4.79 Å². The Bertz CT molecular complexity index is 262. The Hall–Kier alpha value is -0.580. The van der Waals surface area contributed by atoms with Crippen molar-refractivity contribution in [2.75, 3.05) is 6.54 Å². The first kappa shape index (κ1) is 11.4. The van der Waals surface area contributed by atoms with Gasteiger partial charge in [-0.05, 0) is 25.1 Å². The van der Waals surface area contributed by atoms with Gasteiger partial charge < -0.3 is 10.8 Å². The van der Waals surface area contributed by atoms with Crippen molar-refractivity contribution in [2.45, 2.75) is 6.42 Å². The highest BCUT2D eigenvalue weighted by atomic mass is 35.5. The predicted octanol–water partition coefficient (Wildman–Crippen LogP) is 1.37. The SMILES string of the molecule is Cl.NCCc1ccc(C(=O)O)s1. The van der Waals surface area contributed by atoms with Crippen LogP contribution in [0.3, 0.4) is 0 Å². The summed E-state index contributed by atoms with van der Waals surface area (Å²) in [5.41, 5.74) is 5.31. The summed E-state index contributed by atoms with van der Waals surface area (Å²) < 4.78 is 0. The maximum absolute atomic E-state index is 10.4. The largest absolute Gasteiger partial charge is 0.477 e. The third kappa shape index (κ3) is 2.81. The van der Waals surface area contributed by atoms with Crippen LogP contribution in [0.15, 0.2) is 12.1 Å². The zero-order valence-corrected chi connectivity index (χ0v) is 7.95. The van der Waals surface area contributed by atoms with Gasteiger partial charge >= 0.3 is 5.97 Å². The second-order valence-corrected chi connectivity index (χ2v) is 3.28. The van der Waals surface area contributed by atoms with E-state index < -0.39 is 5.97 Å². The van der Waals surface area contributed by atoms with Gasteiger partial charge in [-0.15, -0.1) is 23.7 Å². The standard InChI is InChI=1S/C7H9NO2S.ClH/c8-4-3-5-1-2-6(11-5)7(9)10;/h1-2H,3-4,8H2,(H,9,10);1H. The number of nitrogens with two attached hydrogens (primary N) is 1. The molecule has 5 heteroatoms. The van der Waals surface area contributed by atoms with Gasteiger partial charge in [0.1, 0.15) is 4.88 Å². The van der Waals surface area contributed by atoms with Crippen molar-refractivity contribution in [3.63, 3.8) is 0 Å². The Labute approximate surface area is 80.6 Å². The van der Waals surface area contributed by atoms with Crippen molar-refractivity contribution < 1.29 is 9.90 Å². The minimum absolute atomic E-state index is 0. The second-order valence-electron chi connectivity index (χ2n) is 2.11. The number of carboxylic acid groups (broad SMARTS) is 1. The Morgan fingerprint density at radius 3 is 2.67 bits per heavy atom. The van der Waals surface area contributed by atoms with Crippen molar-refractivity contribution in [1.82, 2.24) is 0 Å². The fraction of sp³-hybridized carbons (Fsp3) is 0.286. The van der Waals surface area contributed by atoms with Crippen molar-refractivity contribution in [3.8, 4) is 0 Å². The van der Waals surface area contributed by atoms with Crippen LogP contribution in [0.1, 0.15) is 14.5 Å². The van der Waals surface area contributed by atoms with Gasteiger partial charge in [-0.3, -0.25) is 0 Å². The summed E-state index contributed by atoms with van der Waals surface area (Å²) in [6.07, 6.45) is 0.762. The second kappa shape index (κ2) is 5.13. The molecule has 0 aliphatic carbocycles. The van der Waals surface area contributed by atoms with Crippen LogP contribution in [0.4, 0.5) is 0 Å². The molecule has 0 fully saturated rings. The molecule has 0 aliphatic rings. The number of thiophene rings is 1. The average molecular weight is 208 g/mol. The number of aromatic carboxylic acids is 1. The molecule has 3 N–H and O–H groups in total. The van der Waals surface area contributed by atoms with E-state index in [0.717, 1.165) is 11.3 Å². The fourth-order valence-electron chi connectivity index (χ4n) is 0.769. The van der Waals surface area contributed by atoms with Crippen LogP contribution in [0.5, 0.6) is 0 Å². The summed E-state index contributed by atoms with van der Waals surface area (Å²) in [6.45, 7) is 0.569. The van der Waals surface area contributed by atoms with Gasteiger partial charge in [0.15, 0.2) is 0 Å². The lowest BCUT2D eigenvalue weighted by atomic mass is 10.3. The molecule has 1 heterocycles. The molecule has 0 atom stereocenters. The zero-order chi connectivity index (χ0) is 8.27. The maximum Gasteiger partial charge on any atom is 0.345 e. The van der Waals surface area contributed by atoms with Crippen LogP contribution in [0.25, 0.3) is 0 Å². The smallest absolute Gasteiger partial charge is 0.345 e. The van der Waals surface area contributed by atoms with Gasteiger partial charge in [-0.2, -0.15) is 0 Å². The quantitative estimate of drug-likeness (QED) is 0.787. The summed E-state index contributed by atoms with van der Waals surface area (Å²) in [5, 5.41) is 8.55. The molecule has 0 radical (unpaired) electrons. The molecule has 1 rings (SSSR count). The third-order valence-electron chi connectivity index (χ3n) is 1.26. The first-order valence-electron chi connectivity index (χ1n) is 3.26. The Morgan fingerprint density at radius 2 is 2.25 bits per heavy atom. The summed E-state index contributed by atoms with van der Waals surface area (Å²) in [7, 11) is 0. The van der Waals surface area contributed by atoms with E-state index >= 15 is 0 Å². The molecule has 0 unspecified atom stereocenters. The molecule has 0 amide bonds. The van der Waals surface area contributed by atoms with Crippen molar-refractivity contribution in [1.29, 1.82) is 0 Å². The highest BCUT2D eigenvalue weighted by Crippen LogP contribution is 2.16. The van der Waals surface area contributed by atoms with Crippen LogP contribution in [-0.4, -0.2) is 17.6 Å². The van der Waals surface area contributed by atoms with Gasteiger partial charge in [0.25, 0.3) is 0 Å². The lowest BCUT2D eigenvalue weighted by Gasteiger charge is -1.88. The monoisotopic (exact) mass is 207 g/mol. The Balaban J connectivity index is 0.00000121. The first-order valence-corrected chi connectivity index (χ1v) is 4.07. The average Bonchev–Trinajstić information content (AvgIpc) is 2.37. The number of hydrogen-bond donors (Lipinski definition) is 2. The molecule has 1 aromatic rings. The minimum atomic E-state index is -0.863. The van der Waals surface area contributed by atoms with Gasteiger partial charge in [-0.1, -0.05) is 0 Å². The van der Waals surface area contributed by atoms with Crippen molar-refractivity contribution in [3.05, 3.63) is 21.9 Å². The molecule has 0 bridgehead atoms. The van der Waals surface area contributed by atoms with Crippen LogP contribution in [-0.2, 0) is 6.42 Å². The van der Waals surface area contributed by atoms with Gasteiger partial charge in [0.2, 0.25) is 0 Å². The summed E-state index contributed by atoms with van der Waals surface area (Å²) in [5.74, 6) is -0.863. The van der Waals surface area contributed by atoms with E-state index in [-0.39, 0.29) is 12.4 Å². The normalized spacial score (nSPS) is 9.08. The van der Waals surface area contributed by atoms with Crippen molar-refractivity contribution in [2.24, 2.45) is 5.73 Å². The zero-order valence-electron chi connectivity index (χ0n) is 6.32. The minimum Gasteiger partial charge on any atom is -0.477 e. The summed E-state index contributed by atoms with van der Waals surface area (Å²) in [6, 6.07) is 3.42. The predicted molar refractivity (Wildman–Crippen MR) is 51.3 cm³/mol. The number of rotatable bonds is 3. The van der Waals surface area contributed by atoms with Crippen LogP contribution in [0.2, 0.25) is 0 Å². The van der Waals surface area contributed by atoms with E-state index in [1.165, 1.54) is 11.3 Å². The third-order valence-corrected chi connectivity index (χ3v) is 2.40. The summed E-state index contributed by atoms with van der Waals surface area (Å²) >= 11 is 1.29. The van der Waals surface area contributed by atoms with Gasteiger partial charge in [0, 0.05) is 4.88 Å². The van der Waals surface area contributed by atoms with E-state index in [1.54, 1.807) is 12.1 Å². The van der Waals surface area contributed by atoms with E-state index in [1.807, 2.05) is 0 Å². The van der Waals surface area contributed by atoms with Crippen molar-refractivity contribution >= 4 is 29.7 Å². The molecular formula is C7H10ClNO2S. The molecule has 68 valence electrons. The molecule has 1 aromatic heterocycles. The molecule has 12 heavy (non-hydrogen) atoms. The van der Waals surface area contributed by atoms with E-state index in [9.17, 15) is 4.79 Å². The number of halogens is 1. The number of hydrogen-bond acceptors (Lipinski definition) is 3. The highest BCUT2D eigenvalue weighted by molar-refractivity contribution is 7.13. The van der Waals surface area contributed by atoms with E-state index in [4.69, 9.17) is 10.8 Å². The number of carbonyl (C=O) groups is 1. The number of carboxylic acids is 1. The lowest BCUT2D eigenvalue weighted by molar-refractivity contribution is 0.0702. The van der Waals surface area contributed by atoms with E-state index in [0.29, 0.717) is 11.4 Å². The Morgan fingerprint density at radius 1 is 1.58 bits per heavy atom. The fourth-order valence-corrected chi connectivity index (χ4v) is 1.63. The molecule has 3 nitrogen and oxygen atoms in total. The topological polar surface area (TPSA) is 63.3 Å². The Kier molecular flexibility index (Phi) is 4.89. The van der Waals surface area contributed by atoms with Crippen LogP contribution >= 0.6 is 23.7 Å². The maximum atomic E-state index is 10.4. The van der Waals surface area contributed by atoms with E-state index in [2.05, 4.69) is 0 Å². The molecular weight excluding hydrogens is 198 g/mol. The van der Waals surface area contributed by atoms with Crippen LogP contribution < -0.4 is 5.73 Å². The molecule has 0 aromatic carbocycles. The lowest BCUT2D eigenvalue weighted by Crippen LogP contribution is -2.00. The van der Waals surface area contributed by atoms with Crippen LogP contribution in [0, 0.1) is 0 Å². The van der Waals surface area contributed by atoms with Gasteiger partial charge in [0.05, 0.1) is 0 Å². The molecule has 0 spiro atoms. The molecule has 0 aliphatic heterocycles. The first-order chi connectivity index (χ1) is 5.24. The molecule has 0 saturated carbocycles. The highest BCUT2D eigenvalue weighted by Gasteiger charge is 2.05.